The quantitative estimate of drug-likeness (QED) is 0.616. The molecule has 3 heteroatoms. The van der Waals surface area contributed by atoms with Gasteiger partial charge in [0.2, 0.25) is 0 Å². The van der Waals surface area contributed by atoms with Crippen molar-refractivity contribution in [3.05, 3.63) is 0 Å². The fourth-order valence-corrected chi connectivity index (χ4v) is 2.19. The minimum atomic E-state index is 0.331. The third-order valence-electron chi connectivity index (χ3n) is 2.45. The van der Waals surface area contributed by atoms with E-state index in [2.05, 4.69) is 14.6 Å². The van der Waals surface area contributed by atoms with Crippen LogP contribution in [0, 0.1) is 5.92 Å². The van der Waals surface area contributed by atoms with Gasteiger partial charge in [0, 0.05) is 6.61 Å². The first kappa shape index (κ1) is 9.44. The number of piperidine rings is 1. The van der Waals surface area contributed by atoms with Gasteiger partial charge in [-0.3, -0.25) is 0 Å². The lowest BCUT2D eigenvalue weighted by atomic mass is 9.93. The molecule has 0 radical (unpaired) electrons. The molecular formula is C8H18NOP. The van der Waals surface area contributed by atoms with Gasteiger partial charge in [-0.2, -0.15) is 0 Å². The zero-order chi connectivity index (χ0) is 8.10. The van der Waals surface area contributed by atoms with Crippen molar-refractivity contribution in [1.82, 2.24) is 5.32 Å². The second-order valence-corrected chi connectivity index (χ2v) is 4.12. The molecule has 0 aromatic rings. The van der Waals surface area contributed by atoms with E-state index in [0.29, 0.717) is 12.3 Å². The van der Waals surface area contributed by atoms with Crippen molar-refractivity contribution in [3.63, 3.8) is 0 Å². The number of aliphatic hydroxyl groups excluding tert-OH is 1. The van der Waals surface area contributed by atoms with Gasteiger partial charge in [0.15, 0.2) is 0 Å². The van der Waals surface area contributed by atoms with Crippen LogP contribution in [0.2, 0.25) is 0 Å². The first-order valence-electron chi connectivity index (χ1n) is 4.41. The minimum absolute atomic E-state index is 0.331. The summed E-state index contributed by atoms with van der Waals surface area (Å²) in [5.41, 5.74) is 0.627. The van der Waals surface area contributed by atoms with Crippen molar-refractivity contribution in [2.75, 3.05) is 19.7 Å². The van der Waals surface area contributed by atoms with Crippen molar-refractivity contribution in [1.29, 1.82) is 0 Å². The molecule has 0 spiro atoms. The van der Waals surface area contributed by atoms with Gasteiger partial charge in [0.05, 0.1) is 0 Å². The van der Waals surface area contributed by atoms with E-state index < -0.39 is 0 Å². The molecule has 0 aromatic carbocycles. The minimum Gasteiger partial charge on any atom is -0.396 e. The van der Waals surface area contributed by atoms with Crippen LogP contribution in [0.25, 0.3) is 0 Å². The fourth-order valence-electron chi connectivity index (χ4n) is 1.66. The molecule has 66 valence electrons. The van der Waals surface area contributed by atoms with E-state index in [1.807, 2.05) is 0 Å². The highest BCUT2D eigenvalue weighted by Crippen LogP contribution is 2.24. The number of hydrogen-bond donors (Lipinski definition) is 2. The summed E-state index contributed by atoms with van der Waals surface area (Å²) in [6.45, 7) is 2.64. The third-order valence-corrected chi connectivity index (χ3v) is 3.33. The average Bonchev–Trinajstić information content (AvgIpc) is 2.07. The molecule has 1 heterocycles. The van der Waals surface area contributed by atoms with Crippen molar-refractivity contribution >= 4 is 9.24 Å². The van der Waals surface area contributed by atoms with Gasteiger partial charge in [0.25, 0.3) is 0 Å². The first-order valence-corrected chi connectivity index (χ1v) is 5.08. The molecule has 0 aromatic heterocycles. The third kappa shape index (κ3) is 3.06. The molecular weight excluding hydrogens is 157 g/mol. The maximum absolute atomic E-state index is 8.74. The number of rotatable bonds is 3. The van der Waals surface area contributed by atoms with Gasteiger partial charge < -0.3 is 10.4 Å². The maximum atomic E-state index is 8.74. The van der Waals surface area contributed by atoms with Crippen molar-refractivity contribution in [2.45, 2.75) is 24.9 Å². The van der Waals surface area contributed by atoms with E-state index >= 15 is 0 Å². The molecule has 2 N–H and O–H groups in total. The summed E-state index contributed by atoms with van der Waals surface area (Å²) in [7, 11) is 2.86. The van der Waals surface area contributed by atoms with Gasteiger partial charge in [-0.1, -0.05) is 0 Å². The second-order valence-electron chi connectivity index (χ2n) is 3.26. The summed E-state index contributed by atoms with van der Waals surface area (Å²) in [6, 6.07) is 0. The van der Waals surface area contributed by atoms with E-state index in [1.165, 1.54) is 12.8 Å². The van der Waals surface area contributed by atoms with Gasteiger partial charge in [0.1, 0.15) is 0 Å². The highest BCUT2D eigenvalue weighted by atomic mass is 31.0. The molecule has 1 aliphatic heterocycles. The Morgan fingerprint density at radius 1 is 1.45 bits per heavy atom. The molecule has 1 rings (SSSR count). The summed E-state index contributed by atoms with van der Waals surface area (Å²) in [5.74, 6) is 0.813. The molecule has 11 heavy (non-hydrogen) atoms. The van der Waals surface area contributed by atoms with Crippen LogP contribution in [0.4, 0.5) is 0 Å². The van der Waals surface area contributed by atoms with Crippen LogP contribution in [0.3, 0.4) is 0 Å². The molecule has 2 nitrogen and oxygen atoms in total. The van der Waals surface area contributed by atoms with E-state index in [-0.39, 0.29) is 0 Å². The normalized spacial score (nSPS) is 23.5. The standard InChI is InChI=1S/C8H18NOP/c10-6-3-8(11)7-1-4-9-5-2-7/h7-10H,1-6,11H2. The molecule has 0 amide bonds. The molecule has 0 aliphatic carbocycles. The predicted molar refractivity (Wildman–Crippen MR) is 50.8 cm³/mol. The van der Waals surface area contributed by atoms with E-state index in [0.717, 1.165) is 25.4 Å². The van der Waals surface area contributed by atoms with Crippen LogP contribution in [0.5, 0.6) is 0 Å². The molecule has 0 saturated carbocycles. The lowest BCUT2D eigenvalue weighted by Crippen LogP contribution is -2.32. The Morgan fingerprint density at radius 3 is 2.64 bits per heavy atom. The van der Waals surface area contributed by atoms with Gasteiger partial charge >= 0.3 is 0 Å². The van der Waals surface area contributed by atoms with Gasteiger partial charge in [-0.15, -0.1) is 9.24 Å². The smallest absolute Gasteiger partial charge is 0.0436 e. The molecule has 2 unspecified atom stereocenters. The molecule has 2 atom stereocenters. The Morgan fingerprint density at radius 2 is 2.09 bits per heavy atom. The topological polar surface area (TPSA) is 32.3 Å². The van der Waals surface area contributed by atoms with Crippen LogP contribution >= 0.6 is 9.24 Å². The van der Waals surface area contributed by atoms with Crippen LogP contribution in [-0.2, 0) is 0 Å². The number of nitrogens with one attached hydrogen (secondary N) is 1. The van der Waals surface area contributed by atoms with Gasteiger partial charge in [-0.05, 0) is 43.9 Å². The lowest BCUT2D eigenvalue weighted by molar-refractivity contribution is 0.262. The molecule has 0 bridgehead atoms. The highest BCUT2D eigenvalue weighted by molar-refractivity contribution is 7.17. The summed E-state index contributed by atoms with van der Waals surface area (Å²) in [6.07, 6.45) is 3.48. The summed E-state index contributed by atoms with van der Waals surface area (Å²) in [4.78, 5) is 0. The molecule has 1 fully saturated rings. The summed E-state index contributed by atoms with van der Waals surface area (Å²) in [5, 5.41) is 12.1. The average molecular weight is 175 g/mol. The van der Waals surface area contributed by atoms with Crippen LogP contribution < -0.4 is 5.32 Å². The Bertz CT molecular complexity index is 104. The Kier molecular flexibility index (Phi) is 4.36. The zero-order valence-electron chi connectivity index (χ0n) is 6.92. The maximum Gasteiger partial charge on any atom is 0.0436 e. The monoisotopic (exact) mass is 175 g/mol. The first-order chi connectivity index (χ1) is 5.34. The van der Waals surface area contributed by atoms with Crippen molar-refractivity contribution < 1.29 is 5.11 Å². The fraction of sp³-hybridized carbons (Fsp3) is 1.00. The van der Waals surface area contributed by atoms with Crippen LogP contribution in [0.1, 0.15) is 19.3 Å². The van der Waals surface area contributed by atoms with Crippen molar-refractivity contribution in [3.8, 4) is 0 Å². The van der Waals surface area contributed by atoms with E-state index in [9.17, 15) is 0 Å². The number of aliphatic hydroxyl groups is 1. The second kappa shape index (κ2) is 5.08. The Hall–Kier alpha value is 0.350. The highest BCUT2D eigenvalue weighted by Gasteiger charge is 2.18. The van der Waals surface area contributed by atoms with Crippen molar-refractivity contribution in [2.24, 2.45) is 5.92 Å². The number of hydrogen-bond acceptors (Lipinski definition) is 2. The lowest BCUT2D eigenvalue weighted by Gasteiger charge is -2.27. The predicted octanol–water partition coefficient (Wildman–Crippen LogP) is 0.612. The largest absolute Gasteiger partial charge is 0.396 e. The van der Waals surface area contributed by atoms with Crippen LogP contribution in [-0.4, -0.2) is 30.5 Å². The van der Waals surface area contributed by atoms with E-state index in [1.54, 1.807) is 0 Å². The SMILES string of the molecule is OCCC(P)C1CCNCC1. The molecule has 1 saturated heterocycles. The van der Waals surface area contributed by atoms with E-state index in [4.69, 9.17) is 5.11 Å². The summed E-state index contributed by atoms with van der Waals surface area (Å²) >= 11 is 0. The summed E-state index contributed by atoms with van der Waals surface area (Å²) < 4.78 is 0. The molecule has 1 aliphatic rings. The van der Waals surface area contributed by atoms with Crippen LogP contribution in [0.15, 0.2) is 0 Å². The Labute approximate surface area is 71.0 Å². The Balaban J connectivity index is 2.21. The van der Waals surface area contributed by atoms with Gasteiger partial charge in [-0.25, -0.2) is 0 Å². The zero-order valence-corrected chi connectivity index (χ0v) is 8.08.